The lowest BCUT2D eigenvalue weighted by atomic mass is 10.1. The Labute approximate surface area is 435 Å². The van der Waals surface area contributed by atoms with Gasteiger partial charge < -0.3 is 102 Å². The lowest BCUT2D eigenvalue weighted by Crippen LogP contribution is -2.46. The summed E-state index contributed by atoms with van der Waals surface area (Å²) in [5.74, 6) is -0.519. The fraction of sp³-hybridized carbons (Fsp3) is 0.739. The Morgan fingerprint density at radius 2 is 1.34 bits per heavy atom. The summed E-state index contributed by atoms with van der Waals surface area (Å²) < 4.78 is 0. The van der Waals surface area contributed by atoms with Crippen molar-refractivity contribution in [1.29, 1.82) is 0 Å². The molecule has 27 heteroatoms. The predicted molar refractivity (Wildman–Crippen MR) is 290 cm³/mol. The van der Waals surface area contributed by atoms with Gasteiger partial charge in [0.2, 0.25) is 36.4 Å². The maximum atomic E-state index is 11.7. The molecule has 1 heterocycles. The number of carbonyl (C=O) groups excluding carboxylic acids is 8. The third-order valence-electron chi connectivity index (χ3n) is 8.17. The summed E-state index contributed by atoms with van der Waals surface area (Å²) in [4.78, 5) is 97.6. The van der Waals surface area contributed by atoms with Gasteiger partial charge in [0, 0.05) is 37.9 Å². The van der Waals surface area contributed by atoms with Crippen molar-refractivity contribution in [3.63, 3.8) is 0 Å². The number of guanidine groups is 1. The van der Waals surface area contributed by atoms with Crippen LogP contribution in [0, 0.1) is 0 Å². The van der Waals surface area contributed by atoms with E-state index in [0.29, 0.717) is 70.7 Å². The molecule has 0 saturated carbocycles. The number of nitrogens with two attached hydrogens (primary N) is 8. The minimum Gasteiger partial charge on any atom is -0.483 e. The fourth-order valence-corrected chi connectivity index (χ4v) is 4.54. The van der Waals surface area contributed by atoms with Crippen LogP contribution in [-0.2, 0) is 43.2 Å². The van der Waals surface area contributed by atoms with Crippen molar-refractivity contribution in [3.8, 4) is 0 Å². The average Bonchev–Trinajstić information content (AvgIpc) is 3.84. The van der Waals surface area contributed by atoms with Gasteiger partial charge in [-0.15, -0.1) is 0 Å². The van der Waals surface area contributed by atoms with E-state index >= 15 is 0 Å². The molecule has 0 aromatic carbocycles. The number of likely N-dealkylation sites (tertiary alicyclic amines) is 1. The number of aliphatic imine (C=N–C) groups is 1. The van der Waals surface area contributed by atoms with Crippen LogP contribution in [0.15, 0.2) is 16.8 Å². The molecule has 0 spiro atoms. The highest BCUT2D eigenvalue weighted by atomic mass is 16.3. The maximum absolute atomic E-state index is 11.7. The number of nitrogens with one attached hydrogen (secondary N) is 6. The number of primary amides is 1. The van der Waals surface area contributed by atoms with Crippen LogP contribution in [0.3, 0.4) is 0 Å². The Hall–Kier alpha value is -5.68. The number of allylic oxidation sites excluding steroid dienone is 1. The van der Waals surface area contributed by atoms with E-state index in [4.69, 9.17) is 59.9 Å². The van der Waals surface area contributed by atoms with E-state index in [-0.39, 0.29) is 55.4 Å². The first-order valence-corrected chi connectivity index (χ1v) is 24.4. The molecule has 6 amide bonds. The molecule has 5 atom stereocenters. The van der Waals surface area contributed by atoms with E-state index in [2.05, 4.69) is 56.5 Å². The first-order chi connectivity index (χ1) is 34.6. The first-order valence-electron chi connectivity index (χ1n) is 24.4. The minimum atomic E-state index is -0.830. The standard InChI is InChI=1S/C10H16N2O3.C9H19N5O.C7H14N2O3.C6H16N2.C5H12N2O.C4H11N.C3H9N.CH3NO.CH2O2/c1-2-8(6-13)11-10(15)9-4-3-5-12(9)7-14;1-7(14-8(15)6-12-2)4-3-5-13-9(10)11;1-5(4-10)9-7(12)2-6(11)3-8;1-6(8)4-2-3-5-7;1-3-7-5(8)4-6-2;1-2-3-4-5;1-2-3-4;2*2-1-3/h6-9H,2-5H2,1H3,(H,11,15);4,12H,3,5-6H2,1-2H3,(H,14,15)(H4,10,11,13);4-6,11H,2-3,8H2,1H3,(H,9,12);6H,2-5,7-8H2,1H3;6H,3-4H2,1-2H3,(H,7,8);2-5H2,1H3;2-4H2,1H3;1H,(H2,2,3);1H,(H,2,3)/b;7-4-;;;;;;;. The number of aliphatic hydroxyl groups is 1. The number of hydrogen-bond donors (Lipinski definition) is 16. The van der Waals surface area contributed by atoms with Crippen molar-refractivity contribution in [2.45, 2.75) is 149 Å². The van der Waals surface area contributed by atoms with Crippen LogP contribution in [0.5, 0.6) is 0 Å². The zero-order valence-electron chi connectivity index (χ0n) is 45.6. The normalized spacial score (nSPS) is 13.1. The molecule has 0 bridgehead atoms. The number of likely N-dealkylation sites (N-methyl/N-ethyl adjacent to an activating group) is 3. The molecule has 0 radical (unpaired) electrons. The summed E-state index contributed by atoms with van der Waals surface area (Å²) in [5, 5.41) is 31.7. The first kappa shape index (κ1) is 84.1. The molecule has 0 aromatic heterocycles. The zero-order chi connectivity index (χ0) is 58.3. The summed E-state index contributed by atoms with van der Waals surface area (Å²) in [7, 11) is 3.46. The minimum absolute atomic E-state index is 0.0445. The molecular formula is C46H102N16O11. The molecule has 432 valence electrons. The van der Waals surface area contributed by atoms with Crippen molar-refractivity contribution in [1.82, 2.24) is 36.8 Å². The smallest absolute Gasteiger partial charge is 0.290 e. The van der Waals surface area contributed by atoms with Crippen molar-refractivity contribution < 1.29 is 53.4 Å². The van der Waals surface area contributed by atoms with Crippen LogP contribution < -0.4 is 77.8 Å². The van der Waals surface area contributed by atoms with E-state index < -0.39 is 24.2 Å². The van der Waals surface area contributed by atoms with Crippen LogP contribution in [0.4, 0.5) is 0 Å². The Morgan fingerprint density at radius 1 is 0.808 bits per heavy atom. The Bertz CT molecular complexity index is 1350. The van der Waals surface area contributed by atoms with Gasteiger partial charge in [-0.25, -0.2) is 0 Å². The second kappa shape index (κ2) is 70.6. The van der Waals surface area contributed by atoms with Gasteiger partial charge >= 0.3 is 0 Å². The molecule has 0 aliphatic carbocycles. The quantitative estimate of drug-likeness (QED) is 0.0175. The highest BCUT2D eigenvalue weighted by Gasteiger charge is 2.30. The zero-order valence-corrected chi connectivity index (χ0v) is 45.6. The number of rotatable bonds is 26. The molecule has 1 rings (SSSR count). The molecular weight excluding hydrogens is 953 g/mol. The summed E-state index contributed by atoms with van der Waals surface area (Å²) in [6.07, 6.45) is 12.9. The molecule has 27 nitrogen and oxygen atoms in total. The van der Waals surface area contributed by atoms with E-state index in [1.165, 1.54) is 24.2 Å². The third kappa shape index (κ3) is 80.7. The number of hydrogen-bond acceptors (Lipinski definition) is 18. The van der Waals surface area contributed by atoms with Gasteiger partial charge in [-0.1, -0.05) is 39.7 Å². The molecule has 1 saturated heterocycles. The molecule has 0 aromatic rings. The van der Waals surface area contributed by atoms with Gasteiger partial charge in [-0.3, -0.25) is 38.6 Å². The summed E-state index contributed by atoms with van der Waals surface area (Å²) >= 11 is 0. The molecule has 24 N–H and O–H groups in total. The summed E-state index contributed by atoms with van der Waals surface area (Å²) in [6.45, 7) is 18.1. The van der Waals surface area contributed by atoms with Crippen molar-refractivity contribution in [3.05, 3.63) is 11.8 Å². The Morgan fingerprint density at radius 3 is 1.71 bits per heavy atom. The fourth-order valence-electron chi connectivity index (χ4n) is 4.54. The number of aliphatic hydroxyl groups excluding tert-OH is 1. The Balaban J connectivity index is -0.000000114. The number of nitrogens with zero attached hydrogens (tertiary/aromatic N) is 2. The summed E-state index contributed by atoms with van der Waals surface area (Å²) in [6, 6.07) is -0.993. The van der Waals surface area contributed by atoms with Crippen LogP contribution in [0.25, 0.3) is 0 Å². The van der Waals surface area contributed by atoms with Gasteiger partial charge in [-0.2, -0.15) is 0 Å². The number of aldehydes is 2. The van der Waals surface area contributed by atoms with Crippen molar-refractivity contribution in [2.75, 3.05) is 73.0 Å². The van der Waals surface area contributed by atoms with E-state index in [0.717, 1.165) is 57.3 Å². The highest BCUT2D eigenvalue weighted by Crippen LogP contribution is 2.15. The van der Waals surface area contributed by atoms with Crippen molar-refractivity contribution in [2.24, 2.45) is 50.9 Å². The van der Waals surface area contributed by atoms with Gasteiger partial charge in [0.15, 0.2) is 5.96 Å². The van der Waals surface area contributed by atoms with Gasteiger partial charge in [0.05, 0.1) is 37.7 Å². The predicted octanol–water partition coefficient (Wildman–Crippen LogP) is -3.30. The Kier molecular flexibility index (Phi) is 81.4. The second-order valence-electron chi connectivity index (χ2n) is 15.2. The topological polar surface area (TPSA) is 490 Å². The number of unbranched alkanes of at least 4 members (excludes halogenated alkanes) is 2. The number of carbonyl (C=O) groups is 9. The van der Waals surface area contributed by atoms with Crippen LogP contribution >= 0.6 is 0 Å². The monoisotopic (exact) mass is 1050 g/mol. The SMILES string of the molecule is CC(C=O)NC(=O)CC(O)CN.CC(N)CCCCN.CCC(C=O)NC(=O)C1CCCN1C=O.CCCCN.CCCN.CCNC(=O)CNC.CNCC(=O)N/C(C)=C\CCN=C(N)N.NC=O.O=CO. The lowest BCUT2D eigenvalue weighted by molar-refractivity contribution is -0.132. The van der Waals surface area contributed by atoms with Crippen LogP contribution in [0.1, 0.15) is 119 Å². The molecule has 1 aliphatic rings. The second-order valence-corrected chi connectivity index (χ2v) is 15.2. The highest BCUT2D eigenvalue weighted by molar-refractivity contribution is 5.86. The maximum Gasteiger partial charge on any atom is 0.290 e. The number of amides is 6. The average molecular weight is 1060 g/mol. The molecule has 73 heavy (non-hydrogen) atoms. The molecule has 1 fully saturated rings. The largest absolute Gasteiger partial charge is 0.483 e. The van der Waals surface area contributed by atoms with E-state index in [9.17, 15) is 33.6 Å². The van der Waals surface area contributed by atoms with E-state index in [1.807, 2.05) is 33.8 Å². The van der Waals surface area contributed by atoms with E-state index in [1.54, 1.807) is 21.0 Å². The summed E-state index contributed by atoms with van der Waals surface area (Å²) in [5.41, 5.74) is 41.3. The number of carboxylic acid groups (broad SMARTS) is 1. The van der Waals surface area contributed by atoms with Gasteiger partial charge in [0.25, 0.3) is 6.47 Å². The van der Waals surface area contributed by atoms with Gasteiger partial charge in [-0.05, 0) is 113 Å². The molecule has 1 aliphatic heterocycles. The van der Waals surface area contributed by atoms with Crippen LogP contribution in [-0.4, -0.2) is 180 Å². The molecule has 5 unspecified atom stereocenters. The van der Waals surface area contributed by atoms with Crippen molar-refractivity contribution >= 4 is 61.5 Å². The third-order valence-corrected chi connectivity index (χ3v) is 8.17. The van der Waals surface area contributed by atoms with Gasteiger partial charge in [0.1, 0.15) is 18.6 Å². The lowest BCUT2D eigenvalue weighted by Gasteiger charge is -2.20. The van der Waals surface area contributed by atoms with Crippen LogP contribution in [0.2, 0.25) is 0 Å².